The van der Waals surface area contributed by atoms with Crippen LogP contribution in [0.25, 0.3) is 11.0 Å². The van der Waals surface area contributed by atoms with E-state index in [1.165, 1.54) is 12.1 Å². The molecule has 27 heavy (non-hydrogen) atoms. The lowest BCUT2D eigenvalue weighted by Crippen LogP contribution is -2.31. The molecule has 3 aromatic rings. The summed E-state index contributed by atoms with van der Waals surface area (Å²) in [6.07, 6.45) is 0. The van der Waals surface area contributed by atoms with Gasteiger partial charge in [0.05, 0.1) is 11.1 Å². The summed E-state index contributed by atoms with van der Waals surface area (Å²) in [7, 11) is 0. The van der Waals surface area contributed by atoms with Gasteiger partial charge in [-0.2, -0.15) is 0 Å². The summed E-state index contributed by atoms with van der Waals surface area (Å²) in [6, 6.07) is 11.6. The van der Waals surface area contributed by atoms with Crippen LogP contribution in [0, 0.1) is 6.92 Å². The Morgan fingerprint density at radius 2 is 1.93 bits per heavy atom. The number of fused-ring (bicyclic) bond motifs is 1. The first kappa shape index (κ1) is 19.3. The van der Waals surface area contributed by atoms with Crippen LogP contribution < -0.4 is 15.7 Å². The number of nitrogens with one attached hydrogen (secondary N) is 1. The van der Waals surface area contributed by atoms with E-state index in [2.05, 4.69) is 5.32 Å². The molecule has 0 spiro atoms. The topological polar surface area (TPSA) is 68.5 Å². The van der Waals surface area contributed by atoms with Gasteiger partial charge in [0.1, 0.15) is 11.3 Å². The maximum atomic E-state index is 12.2. The number of carbonyl (C=O) groups excluding carboxylic acids is 1. The molecule has 0 radical (unpaired) electrons. The molecule has 0 saturated carbocycles. The molecule has 0 saturated heterocycles. The van der Waals surface area contributed by atoms with Crippen LogP contribution in [0.15, 0.2) is 51.7 Å². The molecule has 5 nitrogen and oxygen atoms in total. The molecule has 0 aliphatic heterocycles. The van der Waals surface area contributed by atoms with Gasteiger partial charge in [0.15, 0.2) is 6.61 Å². The van der Waals surface area contributed by atoms with Gasteiger partial charge in [0.2, 0.25) is 0 Å². The second-order valence-electron chi connectivity index (χ2n) is 6.13. The van der Waals surface area contributed by atoms with E-state index < -0.39 is 5.63 Å². The monoisotopic (exact) mass is 405 g/mol. The maximum absolute atomic E-state index is 12.2. The summed E-state index contributed by atoms with van der Waals surface area (Å²) in [4.78, 5) is 23.7. The summed E-state index contributed by atoms with van der Waals surface area (Å²) in [5, 5.41) is 4.43. The highest BCUT2D eigenvalue weighted by atomic mass is 35.5. The minimum Gasteiger partial charge on any atom is -0.482 e. The molecule has 1 amide bonds. The van der Waals surface area contributed by atoms with E-state index in [4.69, 9.17) is 32.4 Å². The van der Waals surface area contributed by atoms with Crippen LogP contribution in [0.2, 0.25) is 10.0 Å². The van der Waals surface area contributed by atoms with Crippen molar-refractivity contribution >= 4 is 40.1 Å². The highest BCUT2D eigenvalue weighted by molar-refractivity contribution is 6.33. The summed E-state index contributed by atoms with van der Waals surface area (Å²) in [5.74, 6) is -0.0669. The van der Waals surface area contributed by atoms with Crippen molar-refractivity contribution in [3.8, 4) is 5.75 Å². The van der Waals surface area contributed by atoms with Gasteiger partial charge in [0, 0.05) is 22.5 Å². The molecule has 1 N–H and O–H groups in total. The predicted octanol–water partition coefficient (Wildman–Crippen LogP) is 4.66. The zero-order chi connectivity index (χ0) is 19.6. The summed E-state index contributed by atoms with van der Waals surface area (Å²) >= 11 is 12.4. The Balaban J connectivity index is 1.71. The first-order valence-corrected chi connectivity index (χ1v) is 9.01. The average Bonchev–Trinajstić information content (AvgIpc) is 2.61. The molecular weight excluding hydrogens is 389 g/mol. The zero-order valence-corrected chi connectivity index (χ0v) is 16.2. The molecule has 1 aromatic heterocycles. The fourth-order valence-corrected chi connectivity index (χ4v) is 3.28. The Morgan fingerprint density at radius 3 is 2.67 bits per heavy atom. The lowest BCUT2D eigenvalue weighted by Gasteiger charge is -2.16. The van der Waals surface area contributed by atoms with Crippen molar-refractivity contribution in [2.75, 3.05) is 6.61 Å². The van der Waals surface area contributed by atoms with Crippen molar-refractivity contribution in [1.29, 1.82) is 0 Å². The van der Waals surface area contributed by atoms with Crippen molar-refractivity contribution < 1.29 is 13.9 Å². The van der Waals surface area contributed by atoms with Gasteiger partial charge in [-0.25, -0.2) is 4.79 Å². The molecule has 7 heteroatoms. The number of carbonyl (C=O) groups is 1. The fourth-order valence-electron chi connectivity index (χ4n) is 2.76. The van der Waals surface area contributed by atoms with Crippen LogP contribution in [-0.2, 0) is 4.79 Å². The second kappa shape index (κ2) is 8.03. The van der Waals surface area contributed by atoms with Crippen LogP contribution in [0.1, 0.15) is 24.1 Å². The van der Waals surface area contributed by atoms with Crippen molar-refractivity contribution in [2.24, 2.45) is 0 Å². The Hall–Kier alpha value is -2.50. The van der Waals surface area contributed by atoms with Crippen LogP contribution in [0.5, 0.6) is 5.75 Å². The van der Waals surface area contributed by atoms with Crippen molar-refractivity contribution in [2.45, 2.75) is 19.9 Å². The Bertz CT molecular complexity index is 1060. The van der Waals surface area contributed by atoms with E-state index in [0.717, 1.165) is 11.1 Å². The van der Waals surface area contributed by atoms with Crippen LogP contribution in [-0.4, -0.2) is 12.5 Å². The minimum absolute atomic E-state index is 0.240. The quantitative estimate of drug-likeness (QED) is 0.626. The number of rotatable bonds is 5. The number of hydrogen-bond acceptors (Lipinski definition) is 4. The number of aryl methyl sites for hydroxylation is 1. The Morgan fingerprint density at radius 1 is 1.19 bits per heavy atom. The van der Waals surface area contributed by atoms with Crippen LogP contribution in [0.4, 0.5) is 0 Å². The molecule has 140 valence electrons. The smallest absolute Gasteiger partial charge is 0.336 e. The molecule has 0 unspecified atom stereocenters. The number of hydrogen-bond donors (Lipinski definition) is 1. The SMILES string of the molecule is Cc1cc(=O)oc2cc(OCC(=O)N[C@H](C)c3ccccc3Cl)c(Cl)cc12. The molecule has 1 heterocycles. The van der Waals surface area contributed by atoms with Gasteiger partial charge < -0.3 is 14.5 Å². The minimum atomic E-state index is -0.459. The molecule has 3 rings (SSSR count). The number of benzene rings is 2. The zero-order valence-electron chi connectivity index (χ0n) is 14.7. The molecular formula is C20H17Cl2NO4. The largest absolute Gasteiger partial charge is 0.482 e. The van der Waals surface area contributed by atoms with E-state index >= 15 is 0 Å². The van der Waals surface area contributed by atoms with E-state index in [1.54, 1.807) is 19.1 Å². The lowest BCUT2D eigenvalue weighted by molar-refractivity contribution is -0.123. The van der Waals surface area contributed by atoms with Crippen molar-refractivity contribution in [1.82, 2.24) is 5.32 Å². The number of halogens is 2. The first-order chi connectivity index (χ1) is 12.8. The Kier molecular flexibility index (Phi) is 5.73. The average molecular weight is 406 g/mol. The van der Waals surface area contributed by atoms with Gasteiger partial charge in [0.25, 0.3) is 5.91 Å². The molecule has 0 aliphatic rings. The highest BCUT2D eigenvalue weighted by Gasteiger charge is 2.14. The van der Waals surface area contributed by atoms with E-state index in [0.29, 0.717) is 21.0 Å². The summed E-state index contributed by atoms with van der Waals surface area (Å²) < 4.78 is 10.7. The van der Waals surface area contributed by atoms with E-state index in [9.17, 15) is 9.59 Å². The predicted molar refractivity (Wildman–Crippen MR) is 106 cm³/mol. The second-order valence-corrected chi connectivity index (χ2v) is 6.94. The Labute approximate surface area is 165 Å². The molecule has 0 bridgehead atoms. The lowest BCUT2D eigenvalue weighted by atomic mass is 10.1. The molecule has 1 atom stereocenters. The van der Waals surface area contributed by atoms with Gasteiger partial charge in [-0.05, 0) is 37.1 Å². The van der Waals surface area contributed by atoms with Gasteiger partial charge >= 0.3 is 5.63 Å². The van der Waals surface area contributed by atoms with E-state index in [-0.39, 0.29) is 24.3 Å². The molecule has 0 fully saturated rings. The third-order valence-corrected chi connectivity index (χ3v) is 4.75. The number of ether oxygens (including phenoxy) is 1. The third-order valence-electron chi connectivity index (χ3n) is 4.11. The van der Waals surface area contributed by atoms with Gasteiger partial charge in [-0.1, -0.05) is 41.4 Å². The normalized spacial score (nSPS) is 12.0. The summed E-state index contributed by atoms with van der Waals surface area (Å²) in [6.45, 7) is 3.38. The highest BCUT2D eigenvalue weighted by Crippen LogP contribution is 2.31. The van der Waals surface area contributed by atoms with Crippen molar-refractivity contribution in [3.63, 3.8) is 0 Å². The standard InChI is InChI=1S/C20H17Cl2NO4/c1-11-7-20(25)27-17-9-18(16(22)8-14(11)17)26-10-19(24)23-12(2)13-5-3-4-6-15(13)21/h3-9,12H,10H2,1-2H3,(H,23,24)/t12-/m1/s1. The fraction of sp³-hybridized carbons (Fsp3) is 0.200. The molecule has 2 aromatic carbocycles. The molecule has 0 aliphatic carbocycles. The van der Waals surface area contributed by atoms with Gasteiger partial charge in [-0.3, -0.25) is 4.79 Å². The van der Waals surface area contributed by atoms with Crippen LogP contribution >= 0.6 is 23.2 Å². The van der Waals surface area contributed by atoms with Crippen molar-refractivity contribution in [3.05, 3.63) is 74.1 Å². The van der Waals surface area contributed by atoms with Gasteiger partial charge in [-0.15, -0.1) is 0 Å². The summed E-state index contributed by atoms with van der Waals surface area (Å²) in [5.41, 5.74) is 1.46. The van der Waals surface area contributed by atoms with Crippen LogP contribution in [0.3, 0.4) is 0 Å². The first-order valence-electron chi connectivity index (χ1n) is 8.25. The van der Waals surface area contributed by atoms with E-state index in [1.807, 2.05) is 25.1 Å². The maximum Gasteiger partial charge on any atom is 0.336 e. The number of amides is 1. The third kappa shape index (κ3) is 4.43.